The van der Waals surface area contributed by atoms with Crippen molar-refractivity contribution in [1.82, 2.24) is 15.5 Å². The summed E-state index contributed by atoms with van der Waals surface area (Å²) in [5.74, 6) is -0.120. The monoisotopic (exact) mass is 321 g/mol. The molecule has 1 unspecified atom stereocenters. The van der Waals surface area contributed by atoms with E-state index in [1.807, 2.05) is 38.1 Å². The van der Waals surface area contributed by atoms with Gasteiger partial charge in [0.05, 0.1) is 5.69 Å². The van der Waals surface area contributed by atoms with E-state index in [2.05, 4.69) is 31.4 Å². The zero-order chi connectivity index (χ0) is 13.8. The number of benzene rings is 1. The summed E-state index contributed by atoms with van der Waals surface area (Å²) in [6.07, 6.45) is 0.902. The van der Waals surface area contributed by atoms with Crippen molar-refractivity contribution in [1.29, 1.82) is 0 Å². The van der Waals surface area contributed by atoms with Crippen LogP contribution in [0.1, 0.15) is 30.8 Å². The molecule has 1 aromatic heterocycles. The highest BCUT2D eigenvalue weighted by atomic mass is 79.9. The molecule has 0 radical (unpaired) electrons. The summed E-state index contributed by atoms with van der Waals surface area (Å²) in [4.78, 5) is 11.9. The Labute approximate surface area is 120 Å². The van der Waals surface area contributed by atoms with E-state index in [0.29, 0.717) is 5.69 Å². The number of hydrogen-bond acceptors (Lipinski definition) is 2. The third-order valence-electron chi connectivity index (χ3n) is 2.95. The maximum absolute atomic E-state index is 11.9. The zero-order valence-corrected chi connectivity index (χ0v) is 12.5. The van der Waals surface area contributed by atoms with E-state index >= 15 is 0 Å². The Bertz CT molecular complexity index is 562. The highest BCUT2D eigenvalue weighted by Crippen LogP contribution is 2.20. The third-order valence-corrected chi connectivity index (χ3v) is 3.48. The van der Waals surface area contributed by atoms with Gasteiger partial charge in [-0.2, -0.15) is 5.10 Å². The van der Waals surface area contributed by atoms with E-state index in [1.165, 1.54) is 0 Å². The lowest BCUT2D eigenvalue weighted by Gasteiger charge is -2.09. The van der Waals surface area contributed by atoms with Crippen molar-refractivity contribution in [2.45, 2.75) is 26.3 Å². The molecule has 19 heavy (non-hydrogen) atoms. The molecule has 4 nitrogen and oxygen atoms in total. The molecule has 0 aliphatic carbocycles. The summed E-state index contributed by atoms with van der Waals surface area (Å²) < 4.78 is 1.02. The number of halogens is 1. The Morgan fingerprint density at radius 2 is 2.11 bits per heavy atom. The van der Waals surface area contributed by atoms with Crippen molar-refractivity contribution in [2.24, 2.45) is 0 Å². The molecule has 1 aromatic carbocycles. The van der Waals surface area contributed by atoms with Gasteiger partial charge in [-0.15, -0.1) is 0 Å². The molecule has 0 saturated carbocycles. The van der Waals surface area contributed by atoms with Crippen LogP contribution in [0.3, 0.4) is 0 Å². The van der Waals surface area contributed by atoms with Gasteiger partial charge in [-0.3, -0.25) is 9.89 Å². The smallest absolute Gasteiger partial charge is 0.269 e. The Hall–Kier alpha value is -1.62. The van der Waals surface area contributed by atoms with E-state index in [9.17, 15) is 4.79 Å². The van der Waals surface area contributed by atoms with Gasteiger partial charge in [0.1, 0.15) is 5.69 Å². The van der Waals surface area contributed by atoms with Gasteiger partial charge in [-0.05, 0) is 31.5 Å². The molecular weight excluding hydrogens is 306 g/mol. The molecule has 2 N–H and O–H groups in total. The first-order chi connectivity index (χ1) is 9.10. The Morgan fingerprint density at radius 3 is 2.74 bits per heavy atom. The van der Waals surface area contributed by atoms with Crippen LogP contribution in [0.4, 0.5) is 0 Å². The average molecular weight is 322 g/mol. The standard InChI is InChI=1S/C14H16BrN3O/c1-3-9(2)16-14(19)13-8-12(17-18-13)10-4-6-11(15)7-5-10/h4-9H,3H2,1-2H3,(H,16,19)(H,17,18). The van der Waals surface area contributed by atoms with Crippen molar-refractivity contribution in [3.05, 3.63) is 40.5 Å². The van der Waals surface area contributed by atoms with Gasteiger partial charge in [0.15, 0.2) is 0 Å². The zero-order valence-electron chi connectivity index (χ0n) is 10.9. The second kappa shape index (κ2) is 6.02. The van der Waals surface area contributed by atoms with Gasteiger partial charge in [-0.1, -0.05) is 35.0 Å². The number of nitrogens with zero attached hydrogens (tertiary/aromatic N) is 1. The lowest BCUT2D eigenvalue weighted by Crippen LogP contribution is -2.32. The fraction of sp³-hybridized carbons (Fsp3) is 0.286. The molecule has 1 amide bonds. The molecule has 2 rings (SSSR count). The van der Waals surface area contributed by atoms with Crippen LogP contribution in [-0.2, 0) is 0 Å². The normalized spacial score (nSPS) is 12.2. The Kier molecular flexibility index (Phi) is 4.37. The summed E-state index contributed by atoms with van der Waals surface area (Å²) in [5, 5.41) is 9.85. The predicted octanol–water partition coefficient (Wildman–Crippen LogP) is 3.37. The number of nitrogens with one attached hydrogen (secondary N) is 2. The minimum atomic E-state index is -0.120. The van der Waals surface area contributed by atoms with E-state index in [-0.39, 0.29) is 11.9 Å². The van der Waals surface area contributed by atoms with Gasteiger partial charge >= 0.3 is 0 Å². The van der Waals surface area contributed by atoms with E-state index in [0.717, 1.165) is 22.2 Å². The molecule has 0 spiro atoms. The number of carbonyl (C=O) groups is 1. The van der Waals surface area contributed by atoms with E-state index in [1.54, 1.807) is 6.07 Å². The molecule has 5 heteroatoms. The number of carbonyl (C=O) groups excluding carboxylic acids is 1. The van der Waals surface area contributed by atoms with Crippen LogP contribution in [0.25, 0.3) is 11.3 Å². The van der Waals surface area contributed by atoms with Crippen LogP contribution in [0.15, 0.2) is 34.8 Å². The molecule has 1 heterocycles. The Balaban J connectivity index is 2.15. The highest BCUT2D eigenvalue weighted by Gasteiger charge is 2.12. The summed E-state index contributed by atoms with van der Waals surface area (Å²) >= 11 is 3.39. The SMILES string of the molecule is CCC(C)NC(=O)c1cc(-c2ccc(Br)cc2)n[nH]1. The molecule has 1 atom stereocenters. The molecule has 0 bridgehead atoms. The van der Waals surface area contributed by atoms with Crippen LogP contribution in [-0.4, -0.2) is 22.1 Å². The average Bonchev–Trinajstić information content (AvgIpc) is 2.89. The van der Waals surface area contributed by atoms with Gasteiger partial charge in [-0.25, -0.2) is 0 Å². The minimum Gasteiger partial charge on any atom is -0.348 e. The molecule has 0 fully saturated rings. The quantitative estimate of drug-likeness (QED) is 0.907. The second-order valence-corrected chi connectivity index (χ2v) is 5.37. The second-order valence-electron chi connectivity index (χ2n) is 4.46. The summed E-state index contributed by atoms with van der Waals surface area (Å²) in [6, 6.07) is 9.73. The van der Waals surface area contributed by atoms with Crippen LogP contribution in [0.5, 0.6) is 0 Å². The largest absolute Gasteiger partial charge is 0.348 e. The van der Waals surface area contributed by atoms with Crippen molar-refractivity contribution in [3.63, 3.8) is 0 Å². The van der Waals surface area contributed by atoms with Crippen LogP contribution >= 0.6 is 15.9 Å². The summed E-state index contributed by atoms with van der Waals surface area (Å²) in [6.45, 7) is 4.01. The molecule has 0 saturated heterocycles. The molecular formula is C14H16BrN3O. The van der Waals surface area contributed by atoms with E-state index < -0.39 is 0 Å². The maximum Gasteiger partial charge on any atom is 0.269 e. The maximum atomic E-state index is 11.9. The number of rotatable bonds is 4. The first kappa shape index (κ1) is 13.8. The van der Waals surface area contributed by atoms with Crippen molar-refractivity contribution in [3.8, 4) is 11.3 Å². The van der Waals surface area contributed by atoms with Crippen molar-refractivity contribution < 1.29 is 4.79 Å². The van der Waals surface area contributed by atoms with Crippen LogP contribution in [0, 0.1) is 0 Å². The molecule has 100 valence electrons. The summed E-state index contributed by atoms with van der Waals surface area (Å²) in [7, 11) is 0. The number of aromatic nitrogens is 2. The van der Waals surface area contributed by atoms with Crippen LogP contribution < -0.4 is 5.32 Å². The van der Waals surface area contributed by atoms with Crippen LogP contribution in [0.2, 0.25) is 0 Å². The first-order valence-electron chi connectivity index (χ1n) is 6.22. The number of aromatic amines is 1. The molecule has 0 aliphatic rings. The van der Waals surface area contributed by atoms with Crippen molar-refractivity contribution >= 4 is 21.8 Å². The predicted molar refractivity (Wildman–Crippen MR) is 78.9 cm³/mol. The fourth-order valence-electron chi connectivity index (χ4n) is 1.61. The Morgan fingerprint density at radius 1 is 1.42 bits per heavy atom. The van der Waals surface area contributed by atoms with Crippen molar-refractivity contribution in [2.75, 3.05) is 0 Å². The van der Waals surface area contributed by atoms with Gasteiger partial charge in [0.25, 0.3) is 5.91 Å². The number of H-pyrrole nitrogens is 1. The number of amides is 1. The minimum absolute atomic E-state index is 0.120. The lowest BCUT2D eigenvalue weighted by molar-refractivity contribution is 0.0934. The van der Waals surface area contributed by atoms with Gasteiger partial charge in [0, 0.05) is 16.1 Å². The topological polar surface area (TPSA) is 57.8 Å². The molecule has 2 aromatic rings. The van der Waals surface area contributed by atoms with E-state index in [4.69, 9.17) is 0 Å². The van der Waals surface area contributed by atoms with Gasteiger partial charge < -0.3 is 5.32 Å². The highest BCUT2D eigenvalue weighted by molar-refractivity contribution is 9.10. The fourth-order valence-corrected chi connectivity index (χ4v) is 1.87. The lowest BCUT2D eigenvalue weighted by atomic mass is 10.1. The third kappa shape index (κ3) is 3.44. The molecule has 0 aliphatic heterocycles. The summed E-state index contributed by atoms with van der Waals surface area (Å²) in [5.41, 5.74) is 2.22. The first-order valence-corrected chi connectivity index (χ1v) is 7.01. The number of hydrogen-bond donors (Lipinski definition) is 2. The van der Waals surface area contributed by atoms with Gasteiger partial charge in [0.2, 0.25) is 0 Å².